The monoisotopic (exact) mass is 291 g/mol. The highest BCUT2D eigenvalue weighted by molar-refractivity contribution is 6.05. The van der Waals surface area contributed by atoms with E-state index >= 15 is 0 Å². The quantitative estimate of drug-likeness (QED) is 0.645. The molecule has 1 heterocycles. The number of hydrogen-bond acceptors (Lipinski definition) is 1. The van der Waals surface area contributed by atoms with Crippen LogP contribution in [0.4, 0.5) is 0 Å². The first-order chi connectivity index (χ1) is 10.5. The van der Waals surface area contributed by atoms with Gasteiger partial charge in [0.15, 0.2) is 6.29 Å². The second-order valence-electron chi connectivity index (χ2n) is 6.26. The van der Waals surface area contributed by atoms with Crippen molar-refractivity contribution >= 4 is 17.2 Å². The van der Waals surface area contributed by atoms with Gasteiger partial charge in [0.05, 0.1) is 11.2 Å². The minimum Gasteiger partial charge on any atom is -0.354 e. The van der Waals surface area contributed by atoms with E-state index in [4.69, 9.17) is 0 Å². The predicted octanol–water partition coefficient (Wildman–Crippen LogP) is 5.39. The van der Waals surface area contributed by atoms with Gasteiger partial charge >= 0.3 is 0 Å². The summed E-state index contributed by atoms with van der Waals surface area (Å²) >= 11 is 0. The zero-order chi connectivity index (χ0) is 15.9. The second kappa shape index (κ2) is 5.45. The van der Waals surface area contributed by atoms with E-state index in [0.29, 0.717) is 5.92 Å². The fraction of sp³-hybridized carbons (Fsp3) is 0.250. The van der Waals surface area contributed by atoms with Gasteiger partial charge in [0.2, 0.25) is 0 Å². The third-order valence-electron chi connectivity index (χ3n) is 4.44. The number of para-hydroxylation sites is 1. The van der Waals surface area contributed by atoms with Crippen molar-refractivity contribution in [3.05, 3.63) is 58.7 Å². The fourth-order valence-electron chi connectivity index (χ4n) is 2.99. The van der Waals surface area contributed by atoms with Crippen molar-refractivity contribution in [2.75, 3.05) is 0 Å². The smallest absolute Gasteiger partial charge is 0.152 e. The van der Waals surface area contributed by atoms with E-state index in [1.54, 1.807) is 0 Å². The molecule has 0 fully saturated rings. The summed E-state index contributed by atoms with van der Waals surface area (Å²) in [5.74, 6) is 0.412. The zero-order valence-electron chi connectivity index (χ0n) is 13.5. The van der Waals surface area contributed by atoms with Crippen molar-refractivity contribution < 1.29 is 4.79 Å². The summed E-state index contributed by atoms with van der Waals surface area (Å²) < 4.78 is 0. The number of aromatic nitrogens is 1. The van der Waals surface area contributed by atoms with E-state index < -0.39 is 0 Å². The van der Waals surface area contributed by atoms with Crippen molar-refractivity contribution in [1.82, 2.24) is 4.98 Å². The van der Waals surface area contributed by atoms with Gasteiger partial charge in [-0.1, -0.05) is 44.2 Å². The number of aryl methyl sites for hydroxylation is 2. The molecular formula is C20H21NO. The number of rotatable bonds is 3. The van der Waals surface area contributed by atoms with Crippen LogP contribution in [0, 0.1) is 13.8 Å². The molecule has 0 unspecified atom stereocenters. The summed E-state index contributed by atoms with van der Waals surface area (Å²) in [5.41, 5.74) is 7.55. The maximum absolute atomic E-state index is 11.7. The van der Waals surface area contributed by atoms with E-state index in [-0.39, 0.29) is 0 Å². The Labute approximate surface area is 131 Å². The van der Waals surface area contributed by atoms with Gasteiger partial charge in [-0.05, 0) is 48.1 Å². The van der Waals surface area contributed by atoms with Crippen molar-refractivity contribution in [3.63, 3.8) is 0 Å². The summed E-state index contributed by atoms with van der Waals surface area (Å²) in [6, 6.07) is 12.5. The summed E-state index contributed by atoms with van der Waals surface area (Å²) in [4.78, 5) is 15.2. The zero-order valence-corrected chi connectivity index (χ0v) is 13.5. The Morgan fingerprint density at radius 3 is 2.45 bits per heavy atom. The van der Waals surface area contributed by atoms with E-state index in [1.807, 2.05) is 12.1 Å². The SMILES string of the molecule is Cc1ccc(-c2[nH]c3c(C(C)C)cccc3c2C=O)cc1C. The van der Waals surface area contributed by atoms with Crippen LogP contribution in [0.15, 0.2) is 36.4 Å². The topological polar surface area (TPSA) is 32.9 Å². The lowest BCUT2D eigenvalue weighted by Crippen LogP contribution is -1.88. The molecule has 0 saturated heterocycles. The summed E-state index contributed by atoms with van der Waals surface area (Å²) in [6.45, 7) is 8.54. The largest absolute Gasteiger partial charge is 0.354 e. The maximum Gasteiger partial charge on any atom is 0.152 e. The maximum atomic E-state index is 11.7. The van der Waals surface area contributed by atoms with Crippen LogP contribution in [0.2, 0.25) is 0 Å². The Morgan fingerprint density at radius 1 is 1.05 bits per heavy atom. The first-order valence-corrected chi connectivity index (χ1v) is 7.70. The summed E-state index contributed by atoms with van der Waals surface area (Å²) in [6.07, 6.45) is 0.966. The average Bonchev–Trinajstić information content (AvgIpc) is 2.88. The highest BCUT2D eigenvalue weighted by Gasteiger charge is 2.16. The molecule has 0 bridgehead atoms. The molecule has 3 aromatic rings. The molecule has 2 heteroatoms. The summed E-state index contributed by atoms with van der Waals surface area (Å²) in [5, 5.41) is 1.01. The number of nitrogens with one attached hydrogen (secondary N) is 1. The molecule has 0 spiro atoms. The van der Waals surface area contributed by atoms with Crippen LogP contribution >= 0.6 is 0 Å². The van der Waals surface area contributed by atoms with Gasteiger partial charge in [-0.2, -0.15) is 0 Å². The van der Waals surface area contributed by atoms with Gasteiger partial charge < -0.3 is 4.98 Å². The number of aromatic amines is 1. The van der Waals surface area contributed by atoms with Crippen LogP contribution in [0.1, 0.15) is 46.8 Å². The van der Waals surface area contributed by atoms with Crippen LogP contribution in [0.25, 0.3) is 22.2 Å². The van der Waals surface area contributed by atoms with Crippen molar-refractivity contribution in [3.8, 4) is 11.3 Å². The molecular weight excluding hydrogens is 270 g/mol. The minimum absolute atomic E-state index is 0.412. The molecule has 0 aliphatic rings. The van der Waals surface area contributed by atoms with Crippen molar-refractivity contribution in [1.29, 1.82) is 0 Å². The fourth-order valence-corrected chi connectivity index (χ4v) is 2.99. The second-order valence-corrected chi connectivity index (χ2v) is 6.26. The summed E-state index contributed by atoms with van der Waals surface area (Å²) in [7, 11) is 0. The number of benzene rings is 2. The van der Waals surface area contributed by atoms with Gasteiger partial charge in [-0.25, -0.2) is 0 Å². The molecule has 0 saturated carbocycles. The van der Waals surface area contributed by atoms with E-state index in [1.165, 1.54) is 16.7 Å². The third kappa shape index (κ3) is 2.25. The molecule has 0 radical (unpaired) electrons. The molecule has 112 valence electrons. The molecule has 3 rings (SSSR count). The minimum atomic E-state index is 0.412. The first-order valence-electron chi connectivity index (χ1n) is 7.70. The predicted molar refractivity (Wildman–Crippen MR) is 92.7 cm³/mol. The Bertz CT molecular complexity index is 856. The highest BCUT2D eigenvalue weighted by Crippen LogP contribution is 2.33. The number of carbonyl (C=O) groups excluding carboxylic acids is 1. The molecule has 0 amide bonds. The van der Waals surface area contributed by atoms with Crippen molar-refractivity contribution in [2.24, 2.45) is 0 Å². The van der Waals surface area contributed by atoms with Crippen LogP contribution in [0.3, 0.4) is 0 Å². The normalized spacial score (nSPS) is 11.3. The molecule has 0 aliphatic heterocycles. The van der Waals surface area contributed by atoms with E-state index in [0.717, 1.165) is 34.0 Å². The Morgan fingerprint density at radius 2 is 1.82 bits per heavy atom. The van der Waals surface area contributed by atoms with Crippen LogP contribution in [-0.4, -0.2) is 11.3 Å². The van der Waals surface area contributed by atoms with Crippen molar-refractivity contribution in [2.45, 2.75) is 33.6 Å². The Kier molecular flexibility index (Phi) is 3.61. The first kappa shape index (κ1) is 14.6. The lowest BCUT2D eigenvalue weighted by atomic mass is 9.98. The van der Waals surface area contributed by atoms with E-state index in [9.17, 15) is 4.79 Å². The number of aldehydes is 1. The third-order valence-corrected chi connectivity index (χ3v) is 4.44. The van der Waals surface area contributed by atoms with Crippen LogP contribution < -0.4 is 0 Å². The Balaban J connectivity index is 2.32. The molecule has 2 nitrogen and oxygen atoms in total. The van der Waals surface area contributed by atoms with Gasteiger partial charge in [-0.3, -0.25) is 4.79 Å². The molecule has 1 aromatic heterocycles. The van der Waals surface area contributed by atoms with Crippen LogP contribution in [-0.2, 0) is 0 Å². The number of carbonyl (C=O) groups is 1. The lowest BCUT2D eigenvalue weighted by Gasteiger charge is -2.06. The lowest BCUT2D eigenvalue weighted by molar-refractivity contribution is 0.112. The highest BCUT2D eigenvalue weighted by atomic mass is 16.1. The standard InChI is InChI=1S/C20H21NO/c1-12(2)16-6-5-7-17-18(11-22)19(21-20(16)17)15-9-8-13(3)14(4)10-15/h5-12,21H,1-4H3. The number of H-pyrrole nitrogens is 1. The molecule has 1 N–H and O–H groups in total. The Hall–Kier alpha value is -2.35. The van der Waals surface area contributed by atoms with Gasteiger partial charge in [-0.15, -0.1) is 0 Å². The van der Waals surface area contributed by atoms with Crippen LogP contribution in [0.5, 0.6) is 0 Å². The molecule has 2 aromatic carbocycles. The average molecular weight is 291 g/mol. The number of hydrogen-bond donors (Lipinski definition) is 1. The van der Waals surface area contributed by atoms with Gasteiger partial charge in [0, 0.05) is 10.9 Å². The molecule has 0 aliphatic carbocycles. The van der Waals surface area contributed by atoms with E-state index in [2.05, 4.69) is 56.9 Å². The van der Waals surface area contributed by atoms with Gasteiger partial charge in [0.25, 0.3) is 0 Å². The molecule has 0 atom stereocenters. The van der Waals surface area contributed by atoms with Gasteiger partial charge in [0.1, 0.15) is 0 Å². The number of fused-ring (bicyclic) bond motifs is 1. The molecule has 22 heavy (non-hydrogen) atoms.